The summed E-state index contributed by atoms with van der Waals surface area (Å²) in [7, 11) is 0. The van der Waals surface area contributed by atoms with Gasteiger partial charge in [-0.2, -0.15) is 5.10 Å². The fraction of sp³-hybridized carbons (Fsp3) is 0.789. The SMILES string of the molecule is CC(C)Cn1ncnc1CN1CCCCC1c1nnc(C2CCOCC2)o1. The molecule has 0 amide bonds. The molecule has 27 heavy (non-hydrogen) atoms. The van der Waals surface area contributed by atoms with Crippen LogP contribution in [-0.2, 0) is 17.8 Å². The number of nitrogens with zero attached hydrogens (tertiary/aromatic N) is 6. The minimum Gasteiger partial charge on any atom is -0.423 e. The van der Waals surface area contributed by atoms with Gasteiger partial charge in [0.1, 0.15) is 12.2 Å². The molecule has 0 saturated carbocycles. The Morgan fingerprint density at radius 3 is 2.74 bits per heavy atom. The van der Waals surface area contributed by atoms with Crippen molar-refractivity contribution in [1.82, 2.24) is 29.9 Å². The number of likely N-dealkylation sites (tertiary alicyclic amines) is 1. The Labute approximate surface area is 160 Å². The highest BCUT2D eigenvalue weighted by Gasteiger charge is 2.31. The van der Waals surface area contributed by atoms with E-state index in [0.29, 0.717) is 11.8 Å². The third-order valence-corrected chi connectivity index (χ3v) is 5.50. The molecule has 4 rings (SSSR count). The van der Waals surface area contributed by atoms with Gasteiger partial charge in [-0.25, -0.2) is 9.67 Å². The quantitative estimate of drug-likeness (QED) is 0.769. The molecule has 0 radical (unpaired) electrons. The molecule has 0 aliphatic carbocycles. The molecular weight excluding hydrogens is 344 g/mol. The van der Waals surface area contributed by atoms with Crippen molar-refractivity contribution in [3.63, 3.8) is 0 Å². The number of piperidine rings is 1. The molecule has 2 aliphatic heterocycles. The summed E-state index contributed by atoms with van der Waals surface area (Å²) in [5.41, 5.74) is 0. The van der Waals surface area contributed by atoms with E-state index in [9.17, 15) is 0 Å². The Morgan fingerprint density at radius 2 is 1.93 bits per heavy atom. The molecule has 2 fully saturated rings. The van der Waals surface area contributed by atoms with Crippen LogP contribution in [0, 0.1) is 5.92 Å². The molecule has 0 aromatic carbocycles. The van der Waals surface area contributed by atoms with Gasteiger partial charge in [-0.05, 0) is 38.1 Å². The summed E-state index contributed by atoms with van der Waals surface area (Å²) >= 11 is 0. The van der Waals surface area contributed by atoms with E-state index >= 15 is 0 Å². The first-order chi connectivity index (χ1) is 13.2. The number of hydrogen-bond donors (Lipinski definition) is 0. The van der Waals surface area contributed by atoms with Gasteiger partial charge in [0.2, 0.25) is 11.8 Å². The average Bonchev–Trinajstić information content (AvgIpc) is 3.33. The molecule has 0 bridgehead atoms. The fourth-order valence-corrected chi connectivity index (χ4v) is 4.04. The highest BCUT2D eigenvalue weighted by atomic mass is 16.5. The van der Waals surface area contributed by atoms with E-state index in [0.717, 1.165) is 69.7 Å². The first-order valence-corrected chi connectivity index (χ1v) is 10.2. The van der Waals surface area contributed by atoms with Gasteiger partial charge < -0.3 is 9.15 Å². The normalized spacial score (nSPS) is 22.6. The van der Waals surface area contributed by atoms with E-state index in [-0.39, 0.29) is 6.04 Å². The van der Waals surface area contributed by atoms with Crippen molar-refractivity contribution in [2.75, 3.05) is 19.8 Å². The molecule has 0 N–H and O–H groups in total. The monoisotopic (exact) mass is 374 g/mol. The van der Waals surface area contributed by atoms with Crippen molar-refractivity contribution in [3.05, 3.63) is 23.9 Å². The Balaban J connectivity index is 1.48. The van der Waals surface area contributed by atoms with Gasteiger partial charge in [-0.3, -0.25) is 4.90 Å². The predicted molar refractivity (Wildman–Crippen MR) is 99.0 cm³/mol. The van der Waals surface area contributed by atoms with Crippen LogP contribution in [0.25, 0.3) is 0 Å². The Morgan fingerprint density at radius 1 is 1.11 bits per heavy atom. The van der Waals surface area contributed by atoms with E-state index in [2.05, 4.69) is 39.0 Å². The number of hydrogen-bond acceptors (Lipinski definition) is 7. The maximum absolute atomic E-state index is 6.14. The lowest BCUT2D eigenvalue weighted by atomic mass is 10.0. The topological polar surface area (TPSA) is 82.1 Å². The van der Waals surface area contributed by atoms with Gasteiger partial charge in [0.05, 0.1) is 12.6 Å². The highest BCUT2D eigenvalue weighted by Crippen LogP contribution is 2.33. The molecule has 0 spiro atoms. The summed E-state index contributed by atoms with van der Waals surface area (Å²) in [6.45, 7) is 8.65. The highest BCUT2D eigenvalue weighted by molar-refractivity contribution is 4.99. The van der Waals surface area contributed by atoms with E-state index in [1.807, 2.05) is 4.68 Å². The Kier molecular flexibility index (Phi) is 5.83. The van der Waals surface area contributed by atoms with E-state index < -0.39 is 0 Å². The van der Waals surface area contributed by atoms with Gasteiger partial charge in [0, 0.05) is 25.7 Å². The zero-order valence-corrected chi connectivity index (χ0v) is 16.4. The maximum atomic E-state index is 6.14. The predicted octanol–water partition coefficient (Wildman–Crippen LogP) is 2.94. The Hall–Kier alpha value is -1.80. The third-order valence-electron chi connectivity index (χ3n) is 5.50. The largest absolute Gasteiger partial charge is 0.423 e. The van der Waals surface area contributed by atoms with Gasteiger partial charge in [0.15, 0.2) is 0 Å². The van der Waals surface area contributed by atoms with Crippen LogP contribution in [0.3, 0.4) is 0 Å². The molecular formula is C19H30N6O2. The summed E-state index contributed by atoms with van der Waals surface area (Å²) in [5.74, 6) is 3.43. The average molecular weight is 374 g/mol. The van der Waals surface area contributed by atoms with Crippen molar-refractivity contribution in [2.24, 2.45) is 5.92 Å². The first kappa shape index (κ1) is 18.6. The Bertz CT molecular complexity index is 721. The zero-order valence-electron chi connectivity index (χ0n) is 16.4. The minimum absolute atomic E-state index is 0.170. The van der Waals surface area contributed by atoms with Gasteiger partial charge >= 0.3 is 0 Å². The van der Waals surface area contributed by atoms with Gasteiger partial charge in [0.25, 0.3) is 0 Å². The summed E-state index contributed by atoms with van der Waals surface area (Å²) < 4.78 is 13.6. The zero-order chi connectivity index (χ0) is 18.6. The smallest absolute Gasteiger partial charge is 0.233 e. The molecule has 4 heterocycles. The van der Waals surface area contributed by atoms with Crippen LogP contribution in [0.5, 0.6) is 0 Å². The van der Waals surface area contributed by atoms with Crippen LogP contribution in [0.1, 0.15) is 75.5 Å². The van der Waals surface area contributed by atoms with Crippen molar-refractivity contribution < 1.29 is 9.15 Å². The minimum atomic E-state index is 0.170. The lowest BCUT2D eigenvalue weighted by Gasteiger charge is -2.33. The van der Waals surface area contributed by atoms with Crippen molar-refractivity contribution >= 4 is 0 Å². The van der Waals surface area contributed by atoms with E-state index in [1.165, 1.54) is 12.8 Å². The molecule has 1 atom stereocenters. The standard InChI is InChI=1S/C19H30N6O2/c1-14(2)11-25-17(20-13-21-25)12-24-8-4-3-5-16(24)19-23-22-18(27-19)15-6-9-26-10-7-15/h13-16H,3-12H2,1-2H3. The summed E-state index contributed by atoms with van der Waals surface area (Å²) in [4.78, 5) is 6.92. The molecule has 2 aromatic heterocycles. The van der Waals surface area contributed by atoms with Crippen LogP contribution >= 0.6 is 0 Å². The lowest BCUT2D eigenvalue weighted by molar-refractivity contribution is 0.0765. The number of rotatable bonds is 6. The summed E-state index contributed by atoms with van der Waals surface area (Å²) in [6, 6.07) is 0.170. The first-order valence-electron chi connectivity index (χ1n) is 10.2. The van der Waals surface area contributed by atoms with Crippen molar-refractivity contribution in [3.8, 4) is 0 Å². The second kappa shape index (κ2) is 8.48. The maximum Gasteiger partial charge on any atom is 0.233 e. The molecule has 2 saturated heterocycles. The molecule has 2 aromatic rings. The van der Waals surface area contributed by atoms with Crippen molar-refractivity contribution in [1.29, 1.82) is 0 Å². The fourth-order valence-electron chi connectivity index (χ4n) is 4.04. The molecule has 148 valence electrons. The van der Waals surface area contributed by atoms with Crippen LogP contribution < -0.4 is 0 Å². The van der Waals surface area contributed by atoms with Crippen LogP contribution in [0.4, 0.5) is 0 Å². The van der Waals surface area contributed by atoms with Gasteiger partial charge in [-0.15, -0.1) is 10.2 Å². The van der Waals surface area contributed by atoms with Gasteiger partial charge in [-0.1, -0.05) is 20.3 Å². The second-order valence-corrected chi connectivity index (χ2v) is 8.10. The van der Waals surface area contributed by atoms with Crippen LogP contribution in [-0.4, -0.2) is 49.6 Å². The second-order valence-electron chi connectivity index (χ2n) is 8.10. The lowest BCUT2D eigenvalue weighted by Crippen LogP contribution is -2.34. The van der Waals surface area contributed by atoms with Crippen LogP contribution in [0.15, 0.2) is 10.7 Å². The molecule has 1 unspecified atom stereocenters. The van der Waals surface area contributed by atoms with E-state index in [4.69, 9.17) is 9.15 Å². The summed E-state index contributed by atoms with van der Waals surface area (Å²) in [6.07, 6.45) is 7.02. The summed E-state index contributed by atoms with van der Waals surface area (Å²) in [5, 5.41) is 13.2. The van der Waals surface area contributed by atoms with E-state index in [1.54, 1.807) is 6.33 Å². The third kappa shape index (κ3) is 4.38. The molecule has 8 nitrogen and oxygen atoms in total. The number of ether oxygens (including phenoxy) is 1. The number of aromatic nitrogens is 5. The molecule has 8 heteroatoms. The van der Waals surface area contributed by atoms with Crippen molar-refractivity contribution in [2.45, 2.75) is 71.0 Å². The van der Waals surface area contributed by atoms with Crippen LogP contribution in [0.2, 0.25) is 0 Å². The molecule has 2 aliphatic rings.